The SMILES string of the molecule is CCCCCCn1nnc(Cl)c1CCC. The van der Waals surface area contributed by atoms with Crippen LogP contribution in [-0.4, -0.2) is 15.0 Å². The molecule has 4 heteroatoms. The molecular formula is C11H20ClN3. The van der Waals surface area contributed by atoms with Gasteiger partial charge in [0.25, 0.3) is 0 Å². The second-order valence-electron chi connectivity index (χ2n) is 3.86. The number of hydrogen-bond donors (Lipinski definition) is 0. The largest absolute Gasteiger partial charge is 0.248 e. The molecule has 15 heavy (non-hydrogen) atoms. The summed E-state index contributed by atoms with van der Waals surface area (Å²) in [6, 6.07) is 0. The molecule has 0 fully saturated rings. The fourth-order valence-corrected chi connectivity index (χ4v) is 1.87. The van der Waals surface area contributed by atoms with Gasteiger partial charge < -0.3 is 0 Å². The van der Waals surface area contributed by atoms with E-state index in [0.29, 0.717) is 5.15 Å². The van der Waals surface area contributed by atoms with E-state index in [1.54, 1.807) is 0 Å². The first kappa shape index (κ1) is 12.5. The maximum absolute atomic E-state index is 5.97. The van der Waals surface area contributed by atoms with E-state index in [1.165, 1.54) is 25.7 Å². The third-order valence-corrected chi connectivity index (χ3v) is 2.79. The van der Waals surface area contributed by atoms with Gasteiger partial charge in [-0.1, -0.05) is 56.3 Å². The van der Waals surface area contributed by atoms with Crippen molar-refractivity contribution in [3.63, 3.8) is 0 Å². The molecule has 3 nitrogen and oxygen atoms in total. The lowest BCUT2D eigenvalue weighted by molar-refractivity contribution is 0.510. The van der Waals surface area contributed by atoms with Crippen molar-refractivity contribution in [1.82, 2.24) is 15.0 Å². The summed E-state index contributed by atoms with van der Waals surface area (Å²) in [6.45, 7) is 5.31. The monoisotopic (exact) mass is 229 g/mol. The van der Waals surface area contributed by atoms with Gasteiger partial charge in [-0.25, -0.2) is 4.68 Å². The molecule has 0 N–H and O–H groups in total. The van der Waals surface area contributed by atoms with Gasteiger partial charge >= 0.3 is 0 Å². The third-order valence-electron chi connectivity index (χ3n) is 2.50. The highest BCUT2D eigenvalue weighted by atomic mass is 35.5. The van der Waals surface area contributed by atoms with Crippen molar-refractivity contribution in [2.45, 2.75) is 58.9 Å². The van der Waals surface area contributed by atoms with Crippen LogP contribution < -0.4 is 0 Å². The summed E-state index contributed by atoms with van der Waals surface area (Å²) in [6.07, 6.45) is 7.05. The Labute approximate surface area is 96.8 Å². The Morgan fingerprint density at radius 1 is 1.13 bits per heavy atom. The summed E-state index contributed by atoms with van der Waals surface area (Å²) in [7, 11) is 0. The zero-order chi connectivity index (χ0) is 11.1. The van der Waals surface area contributed by atoms with Crippen molar-refractivity contribution in [2.24, 2.45) is 0 Å². The molecule has 0 aliphatic carbocycles. The molecule has 0 unspecified atom stereocenters. The van der Waals surface area contributed by atoms with Crippen LogP contribution in [0.2, 0.25) is 5.15 Å². The highest BCUT2D eigenvalue weighted by molar-refractivity contribution is 6.29. The summed E-state index contributed by atoms with van der Waals surface area (Å²) in [5, 5.41) is 8.56. The van der Waals surface area contributed by atoms with Gasteiger partial charge in [-0.05, 0) is 12.8 Å². The molecule has 0 bridgehead atoms. The number of unbranched alkanes of at least 4 members (excludes halogenated alkanes) is 3. The number of aromatic nitrogens is 3. The van der Waals surface area contributed by atoms with E-state index in [0.717, 1.165) is 25.1 Å². The Morgan fingerprint density at radius 3 is 2.60 bits per heavy atom. The topological polar surface area (TPSA) is 30.7 Å². The lowest BCUT2D eigenvalue weighted by atomic mass is 10.2. The minimum Gasteiger partial charge on any atom is -0.248 e. The van der Waals surface area contributed by atoms with Gasteiger partial charge in [0.2, 0.25) is 0 Å². The fourth-order valence-electron chi connectivity index (χ4n) is 1.65. The van der Waals surface area contributed by atoms with Crippen LogP contribution in [0.3, 0.4) is 0 Å². The predicted octanol–water partition coefficient (Wildman–Crippen LogP) is 3.46. The van der Waals surface area contributed by atoms with Crippen LogP contribution in [0.15, 0.2) is 0 Å². The van der Waals surface area contributed by atoms with Crippen LogP contribution in [0.4, 0.5) is 0 Å². The van der Waals surface area contributed by atoms with Crippen molar-refractivity contribution < 1.29 is 0 Å². The molecule has 0 saturated carbocycles. The summed E-state index contributed by atoms with van der Waals surface area (Å²) >= 11 is 5.97. The minimum atomic E-state index is 0.576. The molecular weight excluding hydrogens is 210 g/mol. The third kappa shape index (κ3) is 3.82. The number of nitrogens with zero attached hydrogens (tertiary/aromatic N) is 3. The van der Waals surface area contributed by atoms with E-state index in [2.05, 4.69) is 24.2 Å². The summed E-state index contributed by atoms with van der Waals surface area (Å²) in [4.78, 5) is 0. The molecule has 0 aliphatic rings. The maximum Gasteiger partial charge on any atom is 0.174 e. The summed E-state index contributed by atoms with van der Waals surface area (Å²) in [5.41, 5.74) is 1.09. The van der Waals surface area contributed by atoms with Gasteiger partial charge in [0.05, 0.1) is 5.69 Å². The maximum atomic E-state index is 5.97. The number of rotatable bonds is 7. The molecule has 1 heterocycles. The van der Waals surface area contributed by atoms with Crippen LogP contribution in [-0.2, 0) is 13.0 Å². The molecule has 1 aromatic heterocycles. The van der Waals surface area contributed by atoms with Crippen LogP contribution in [0.5, 0.6) is 0 Å². The van der Waals surface area contributed by atoms with Gasteiger partial charge in [0, 0.05) is 6.54 Å². The molecule has 0 saturated heterocycles. The Morgan fingerprint density at radius 2 is 1.93 bits per heavy atom. The molecule has 0 aliphatic heterocycles. The van der Waals surface area contributed by atoms with Gasteiger partial charge in [-0.15, -0.1) is 5.10 Å². The van der Waals surface area contributed by atoms with E-state index >= 15 is 0 Å². The van der Waals surface area contributed by atoms with Crippen LogP contribution in [0.1, 0.15) is 51.6 Å². The predicted molar refractivity (Wildman–Crippen MR) is 63.2 cm³/mol. The number of hydrogen-bond acceptors (Lipinski definition) is 2. The van der Waals surface area contributed by atoms with Gasteiger partial charge in [0.1, 0.15) is 0 Å². The Kier molecular flexibility index (Phi) is 5.69. The van der Waals surface area contributed by atoms with E-state index in [9.17, 15) is 0 Å². The second-order valence-corrected chi connectivity index (χ2v) is 4.22. The molecule has 0 radical (unpaired) electrons. The van der Waals surface area contributed by atoms with Gasteiger partial charge in [0.15, 0.2) is 5.15 Å². The lowest BCUT2D eigenvalue weighted by Gasteiger charge is -2.04. The standard InChI is InChI=1S/C11H20ClN3/c1-3-5-6-7-9-15-10(8-4-2)11(12)13-14-15/h3-9H2,1-2H3. The van der Waals surface area contributed by atoms with E-state index in [1.807, 2.05) is 4.68 Å². The van der Waals surface area contributed by atoms with Crippen molar-refractivity contribution >= 4 is 11.6 Å². The Balaban J connectivity index is 2.45. The Bertz CT molecular complexity index is 283. The van der Waals surface area contributed by atoms with Crippen molar-refractivity contribution in [1.29, 1.82) is 0 Å². The summed E-state index contributed by atoms with van der Waals surface area (Å²) in [5.74, 6) is 0. The average molecular weight is 230 g/mol. The van der Waals surface area contributed by atoms with E-state index < -0.39 is 0 Å². The molecule has 0 atom stereocenters. The molecule has 1 rings (SSSR count). The van der Waals surface area contributed by atoms with Crippen LogP contribution >= 0.6 is 11.6 Å². The molecule has 86 valence electrons. The molecule has 0 spiro atoms. The lowest BCUT2D eigenvalue weighted by Crippen LogP contribution is -2.05. The van der Waals surface area contributed by atoms with E-state index in [-0.39, 0.29) is 0 Å². The molecule has 0 amide bonds. The first-order valence-electron chi connectivity index (χ1n) is 5.87. The minimum absolute atomic E-state index is 0.576. The zero-order valence-electron chi connectivity index (χ0n) is 9.67. The summed E-state index contributed by atoms with van der Waals surface area (Å²) < 4.78 is 1.96. The smallest absolute Gasteiger partial charge is 0.174 e. The highest BCUT2D eigenvalue weighted by Crippen LogP contribution is 2.14. The highest BCUT2D eigenvalue weighted by Gasteiger charge is 2.08. The zero-order valence-corrected chi connectivity index (χ0v) is 10.4. The van der Waals surface area contributed by atoms with Gasteiger partial charge in [-0.3, -0.25) is 0 Å². The second kappa shape index (κ2) is 6.83. The van der Waals surface area contributed by atoms with Gasteiger partial charge in [-0.2, -0.15) is 0 Å². The number of aryl methyl sites for hydroxylation is 1. The molecule has 0 aromatic carbocycles. The normalized spacial score (nSPS) is 10.9. The first-order valence-corrected chi connectivity index (χ1v) is 6.25. The fraction of sp³-hybridized carbons (Fsp3) is 0.818. The van der Waals surface area contributed by atoms with Crippen LogP contribution in [0.25, 0.3) is 0 Å². The average Bonchev–Trinajstić information content (AvgIpc) is 2.57. The van der Waals surface area contributed by atoms with E-state index in [4.69, 9.17) is 11.6 Å². The van der Waals surface area contributed by atoms with Crippen molar-refractivity contribution in [2.75, 3.05) is 0 Å². The number of halogens is 1. The van der Waals surface area contributed by atoms with Crippen molar-refractivity contribution in [3.05, 3.63) is 10.8 Å². The quantitative estimate of drug-likeness (QED) is 0.671. The van der Waals surface area contributed by atoms with Crippen LogP contribution in [0, 0.1) is 0 Å². The van der Waals surface area contributed by atoms with Crippen molar-refractivity contribution in [3.8, 4) is 0 Å². The Hall–Kier alpha value is -0.570. The molecule has 1 aromatic rings. The first-order chi connectivity index (χ1) is 7.29.